The fraction of sp³-hybridized carbons (Fsp3) is 0.273. The maximum atomic E-state index is 13.1. The van der Waals surface area contributed by atoms with Crippen molar-refractivity contribution in [1.29, 1.82) is 0 Å². The van der Waals surface area contributed by atoms with E-state index in [9.17, 15) is 24.9 Å². The minimum Gasteiger partial charge on any atom is -0.508 e. The van der Waals surface area contributed by atoms with Gasteiger partial charge in [0.15, 0.2) is 11.5 Å². The first-order valence-corrected chi connectivity index (χ1v) is 8.92. The van der Waals surface area contributed by atoms with Crippen molar-refractivity contribution in [3.63, 3.8) is 0 Å². The number of aryl methyl sites for hydroxylation is 1. The van der Waals surface area contributed by atoms with Crippen molar-refractivity contribution < 1.29 is 24.9 Å². The molecule has 2 aromatic carbocycles. The molecule has 6 nitrogen and oxygen atoms in total. The van der Waals surface area contributed by atoms with Gasteiger partial charge in [-0.15, -0.1) is 0 Å². The standard InChI is InChI=1S/C22H23NO5/c1-12-5-10-16(25)15(11-12)23-18(13-6-8-14(24)9-7-13)17(19(26)21(23)28)20(27)22(2,3)4/h5-11,18,24-26H,1-4H3. The number of ketones is 1. The highest BCUT2D eigenvalue weighted by Gasteiger charge is 2.47. The molecular formula is C22H23NO5. The summed E-state index contributed by atoms with van der Waals surface area (Å²) in [6.45, 7) is 6.94. The Morgan fingerprint density at radius 3 is 2.18 bits per heavy atom. The Balaban J connectivity index is 2.25. The van der Waals surface area contributed by atoms with Gasteiger partial charge in [0.05, 0.1) is 17.3 Å². The van der Waals surface area contributed by atoms with Crippen molar-refractivity contribution in [2.24, 2.45) is 5.41 Å². The van der Waals surface area contributed by atoms with Crippen molar-refractivity contribution in [3.05, 3.63) is 64.9 Å². The van der Waals surface area contributed by atoms with E-state index in [-0.39, 0.29) is 28.5 Å². The van der Waals surface area contributed by atoms with E-state index in [4.69, 9.17) is 0 Å². The molecule has 3 N–H and O–H groups in total. The van der Waals surface area contributed by atoms with E-state index < -0.39 is 23.1 Å². The third-order valence-corrected chi connectivity index (χ3v) is 4.73. The van der Waals surface area contributed by atoms with E-state index in [0.717, 1.165) is 5.56 Å². The molecule has 0 bridgehead atoms. The Bertz CT molecular complexity index is 983. The molecule has 1 amide bonds. The Kier molecular flexibility index (Phi) is 4.67. The SMILES string of the molecule is Cc1ccc(O)c(N2C(=O)C(O)=C(C(=O)C(C)(C)C)C2c2ccc(O)cc2)c1. The van der Waals surface area contributed by atoms with Crippen molar-refractivity contribution >= 4 is 17.4 Å². The Labute approximate surface area is 163 Å². The lowest BCUT2D eigenvalue weighted by atomic mass is 9.82. The summed E-state index contributed by atoms with van der Waals surface area (Å²) in [5, 5.41) is 30.6. The Morgan fingerprint density at radius 1 is 1.00 bits per heavy atom. The predicted octanol–water partition coefficient (Wildman–Crippen LogP) is 3.92. The molecule has 28 heavy (non-hydrogen) atoms. The molecular weight excluding hydrogens is 358 g/mol. The number of nitrogens with zero attached hydrogens (tertiary/aromatic N) is 1. The minimum absolute atomic E-state index is 0.0240. The van der Waals surface area contributed by atoms with Gasteiger partial charge in [0.1, 0.15) is 11.5 Å². The largest absolute Gasteiger partial charge is 0.508 e. The topological polar surface area (TPSA) is 98.1 Å². The van der Waals surface area contributed by atoms with Crippen LogP contribution in [0.4, 0.5) is 5.69 Å². The van der Waals surface area contributed by atoms with Crippen LogP contribution in [0, 0.1) is 12.3 Å². The number of amides is 1. The molecule has 0 fully saturated rings. The molecule has 0 saturated carbocycles. The van der Waals surface area contributed by atoms with Crippen LogP contribution in [-0.2, 0) is 9.59 Å². The number of phenols is 2. The number of aliphatic hydroxyl groups excluding tert-OH is 1. The van der Waals surface area contributed by atoms with Gasteiger partial charge in [-0.2, -0.15) is 0 Å². The van der Waals surface area contributed by atoms with Gasteiger partial charge in [-0.25, -0.2) is 0 Å². The first-order valence-electron chi connectivity index (χ1n) is 8.92. The van der Waals surface area contributed by atoms with Crippen LogP contribution in [0.5, 0.6) is 11.5 Å². The minimum atomic E-state index is -0.924. The van der Waals surface area contributed by atoms with E-state index in [1.807, 2.05) is 6.92 Å². The van der Waals surface area contributed by atoms with Crippen LogP contribution in [-0.4, -0.2) is 27.0 Å². The molecule has 0 aliphatic carbocycles. The number of hydrogen-bond donors (Lipinski definition) is 3. The van der Waals surface area contributed by atoms with Crippen molar-refractivity contribution in [3.8, 4) is 11.5 Å². The lowest BCUT2D eigenvalue weighted by molar-refractivity contribution is -0.123. The zero-order valence-electron chi connectivity index (χ0n) is 16.2. The molecule has 0 aromatic heterocycles. The molecule has 6 heteroatoms. The normalized spacial score (nSPS) is 17.4. The maximum Gasteiger partial charge on any atom is 0.294 e. The van der Waals surface area contributed by atoms with Crippen LogP contribution >= 0.6 is 0 Å². The summed E-state index contributed by atoms with van der Waals surface area (Å²) in [6, 6.07) is 9.93. The smallest absolute Gasteiger partial charge is 0.294 e. The molecule has 2 aromatic rings. The summed E-state index contributed by atoms with van der Waals surface area (Å²) in [5.41, 5.74) is 0.683. The molecule has 146 valence electrons. The number of rotatable bonds is 3. The molecule has 3 rings (SSSR count). The molecule has 1 atom stereocenters. The van der Waals surface area contributed by atoms with Crippen molar-refractivity contribution in [2.75, 3.05) is 4.90 Å². The summed E-state index contributed by atoms with van der Waals surface area (Å²) in [5.74, 6) is -1.86. The zero-order valence-corrected chi connectivity index (χ0v) is 16.2. The first kappa shape index (κ1) is 19.5. The number of Topliss-reactive ketones (excluding diaryl/α,β-unsaturated/α-hetero) is 1. The first-order chi connectivity index (χ1) is 13.0. The van der Waals surface area contributed by atoms with Crippen LogP contribution in [0.15, 0.2) is 53.8 Å². The van der Waals surface area contributed by atoms with Crippen LogP contribution in [0.25, 0.3) is 0 Å². The number of carbonyl (C=O) groups excluding carboxylic acids is 2. The van der Waals surface area contributed by atoms with Gasteiger partial charge in [-0.05, 0) is 42.3 Å². The van der Waals surface area contributed by atoms with Crippen LogP contribution in [0.1, 0.15) is 37.9 Å². The number of carbonyl (C=O) groups is 2. The number of benzene rings is 2. The van der Waals surface area contributed by atoms with Crippen molar-refractivity contribution in [2.45, 2.75) is 33.7 Å². The molecule has 1 aliphatic heterocycles. The number of phenolic OH excluding ortho intramolecular Hbond substituents is 2. The van der Waals surface area contributed by atoms with E-state index in [1.54, 1.807) is 45.0 Å². The summed E-state index contributed by atoms with van der Waals surface area (Å²) in [7, 11) is 0. The van der Waals surface area contributed by atoms with Crippen LogP contribution in [0.3, 0.4) is 0 Å². The van der Waals surface area contributed by atoms with Gasteiger partial charge in [-0.3, -0.25) is 14.5 Å². The summed E-state index contributed by atoms with van der Waals surface area (Å²) in [6.07, 6.45) is 0. The number of anilines is 1. The Morgan fingerprint density at radius 2 is 1.61 bits per heavy atom. The van der Waals surface area contributed by atoms with Crippen LogP contribution in [0.2, 0.25) is 0 Å². The monoisotopic (exact) mass is 381 g/mol. The fourth-order valence-corrected chi connectivity index (χ4v) is 3.29. The second-order valence-electron chi connectivity index (χ2n) is 8.00. The van der Waals surface area contributed by atoms with E-state index >= 15 is 0 Å². The molecule has 0 saturated heterocycles. The predicted molar refractivity (Wildman–Crippen MR) is 105 cm³/mol. The second kappa shape index (κ2) is 6.71. The van der Waals surface area contributed by atoms with Gasteiger partial charge in [0.2, 0.25) is 0 Å². The van der Waals surface area contributed by atoms with Gasteiger partial charge in [-0.1, -0.05) is 39.0 Å². The van der Waals surface area contributed by atoms with E-state index in [1.165, 1.54) is 23.1 Å². The maximum absolute atomic E-state index is 13.1. The third-order valence-electron chi connectivity index (χ3n) is 4.73. The molecule has 0 spiro atoms. The highest BCUT2D eigenvalue weighted by Crippen LogP contribution is 2.46. The van der Waals surface area contributed by atoms with Gasteiger partial charge >= 0.3 is 0 Å². The second-order valence-corrected chi connectivity index (χ2v) is 8.00. The summed E-state index contributed by atoms with van der Waals surface area (Å²) in [4.78, 5) is 27.3. The zero-order chi connectivity index (χ0) is 20.8. The van der Waals surface area contributed by atoms with Gasteiger partial charge in [0.25, 0.3) is 5.91 Å². The van der Waals surface area contributed by atoms with E-state index in [2.05, 4.69) is 0 Å². The average Bonchev–Trinajstić information content (AvgIpc) is 2.87. The lowest BCUT2D eigenvalue weighted by Gasteiger charge is -2.29. The van der Waals surface area contributed by atoms with Crippen LogP contribution < -0.4 is 4.90 Å². The Hall–Kier alpha value is -3.28. The van der Waals surface area contributed by atoms with Gasteiger partial charge in [0, 0.05) is 5.41 Å². The molecule has 1 heterocycles. The molecule has 1 unspecified atom stereocenters. The lowest BCUT2D eigenvalue weighted by Crippen LogP contribution is -2.32. The average molecular weight is 381 g/mol. The van der Waals surface area contributed by atoms with Gasteiger partial charge < -0.3 is 15.3 Å². The summed E-state index contributed by atoms with van der Waals surface area (Å²) < 4.78 is 0. The highest BCUT2D eigenvalue weighted by molar-refractivity contribution is 6.17. The highest BCUT2D eigenvalue weighted by atomic mass is 16.3. The number of hydrogen-bond acceptors (Lipinski definition) is 5. The van der Waals surface area contributed by atoms with Crippen molar-refractivity contribution in [1.82, 2.24) is 0 Å². The number of aliphatic hydroxyl groups is 1. The summed E-state index contributed by atoms with van der Waals surface area (Å²) >= 11 is 0. The fourth-order valence-electron chi connectivity index (χ4n) is 3.29. The molecule has 0 radical (unpaired) electrons. The van der Waals surface area contributed by atoms with E-state index in [0.29, 0.717) is 5.56 Å². The number of aromatic hydroxyl groups is 2. The molecule has 1 aliphatic rings. The third kappa shape index (κ3) is 3.22. The quantitative estimate of drug-likeness (QED) is 0.748.